The molecule has 1 heterocycles. The van der Waals surface area contributed by atoms with Crippen LogP contribution in [-0.2, 0) is 6.54 Å². The molecule has 1 unspecified atom stereocenters. The maximum absolute atomic E-state index is 13.6. The lowest BCUT2D eigenvalue weighted by Crippen LogP contribution is -2.44. The van der Waals surface area contributed by atoms with E-state index in [4.69, 9.17) is 5.26 Å². The molecule has 0 bridgehead atoms. The molecule has 1 saturated heterocycles. The van der Waals surface area contributed by atoms with Crippen LogP contribution < -0.4 is 5.32 Å². The number of carbonyl (C=O) groups is 1. The third-order valence-corrected chi connectivity index (χ3v) is 4.72. The molecule has 2 aromatic rings. The molecule has 0 saturated carbocycles. The Morgan fingerprint density at radius 2 is 1.96 bits per heavy atom. The van der Waals surface area contributed by atoms with Crippen molar-refractivity contribution in [1.29, 1.82) is 5.26 Å². The maximum atomic E-state index is 13.6. The Kier molecular flexibility index (Phi) is 5.65. The zero-order valence-corrected chi connectivity index (χ0v) is 14.5. The number of rotatable bonds is 3. The van der Waals surface area contributed by atoms with E-state index in [2.05, 4.69) is 5.32 Å². The van der Waals surface area contributed by atoms with Crippen LogP contribution in [0, 0.1) is 28.8 Å². The number of likely N-dealkylation sites (tertiary alicyclic amines) is 1. The first-order valence-electron chi connectivity index (χ1n) is 8.64. The van der Waals surface area contributed by atoms with Crippen molar-refractivity contribution < 1.29 is 18.0 Å². The Morgan fingerprint density at radius 1 is 1.15 bits per heavy atom. The summed E-state index contributed by atoms with van der Waals surface area (Å²) in [5.41, 5.74) is 1.17. The van der Waals surface area contributed by atoms with Crippen LogP contribution in [0.5, 0.6) is 0 Å². The molecule has 2 aromatic carbocycles. The van der Waals surface area contributed by atoms with Crippen molar-refractivity contribution in [2.45, 2.75) is 25.3 Å². The third kappa shape index (κ3) is 4.40. The monoisotopic (exact) mass is 373 g/mol. The number of benzene rings is 2. The quantitative estimate of drug-likeness (QED) is 0.882. The zero-order chi connectivity index (χ0) is 19.4. The normalized spacial score (nSPS) is 16.7. The Hall–Kier alpha value is -3.01. The van der Waals surface area contributed by atoms with Gasteiger partial charge < -0.3 is 10.2 Å². The summed E-state index contributed by atoms with van der Waals surface area (Å²) in [5.74, 6) is -2.47. The lowest BCUT2D eigenvalue weighted by Gasteiger charge is -2.33. The van der Waals surface area contributed by atoms with Crippen LogP contribution in [0.4, 0.5) is 18.0 Å². The van der Waals surface area contributed by atoms with Gasteiger partial charge in [0.1, 0.15) is 11.9 Å². The molecular formula is C20H18F3N3O. The first kappa shape index (κ1) is 18.8. The number of hydrogen-bond acceptors (Lipinski definition) is 2. The Labute approximate surface area is 155 Å². The highest BCUT2D eigenvalue weighted by Gasteiger charge is 2.25. The van der Waals surface area contributed by atoms with Crippen LogP contribution in [0.1, 0.15) is 35.4 Å². The van der Waals surface area contributed by atoms with E-state index in [1.54, 1.807) is 23.1 Å². The predicted molar refractivity (Wildman–Crippen MR) is 93.3 cm³/mol. The molecule has 1 aliphatic rings. The van der Waals surface area contributed by atoms with Crippen molar-refractivity contribution in [2.24, 2.45) is 0 Å². The Balaban J connectivity index is 1.60. The third-order valence-electron chi connectivity index (χ3n) is 4.72. The van der Waals surface area contributed by atoms with Crippen LogP contribution in [-0.4, -0.2) is 24.0 Å². The highest BCUT2D eigenvalue weighted by atomic mass is 19.2. The summed E-state index contributed by atoms with van der Waals surface area (Å²) >= 11 is 0. The van der Waals surface area contributed by atoms with Gasteiger partial charge in [-0.05, 0) is 48.2 Å². The second-order valence-corrected chi connectivity index (χ2v) is 6.54. The molecule has 3 rings (SSSR count). The van der Waals surface area contributed by atoms with Gasteiger partial charge in [0.15, 0.2) is 11.6 Å². The van der Waals surface area contributed by atoms with E-state index >= 15 is 0 Å². The molecule has 0 radical (unpaired) electrons. The summed E-state index contributed by atoms with van der Waals surface area (Å²) in [5, 5.41) is 11.5. The van der Waals surface area contributed by atoms with Crippen LogP contribution in [0.3, 0.4) is 0 Å². The van der Waals surface area contributed by atoms with Crippen molar-refractivity contribution >= 4 is 6.03 Å². The predicted octanol–water partition coefficient (Wildman–Crippen LogP) is 4.06. The second kappa shape index (κ2) is 8.12. The molecule has 4 nitrogen and oxygen atoms in total. The number of nitrogens with one attached hydrogen (secondary N) is 1. The molecule has 0 aliphatic carbocycles. The van der Waals surface area contributed by atoms with Gasteiger partial charge in [-0.15, -0.1) is 0 Å². The average Bonchev–Trinajstić information content (AvgIpc) is 2.68. The summed E-state index contributed by atoms with van der Waals surface area (Å²) in [6.45, 7) is 1.10. The standard InChI is InChI=1S/C20H18F3N3O/c21-17-6-5-14(9-19(17)23)16-2-1-7-26(12-16)20(27)25-11-13-3-4-15(10-24)18(22)8-13/h3-6,8-9,16H,1-2,7,11-12H2,(H,25,27). The minimum absolute atomic E-state index is 0.0459. The van der Waals surface area contributed by atoms with E-state index in [1.165, 1.54) is 18.2 Å². The number of carbonyl (C=O) groups excluding carboxylic acids is 1. The van der Waals surface area contributed by atoms with Crippen LogP contribution >= 0.6 is 0 Å². The molecule has 27 heavy (non-hydrogen) atoms. The van der Waals surface area contributed by atoms with Crippen LogP contribution in [0.2, 0.25) is 0 Å². The van der Waals surface area contributed by atoms with Crippen LogP contribution in [0.25, 0.3) is 0 Å². The van der Waals surface area contributed by atoms with Gasteiger partial charge in [0.2, 0.25) is 0 Å². The smallest absolute Gasteiger partial charge is 0.317 e. The van der Waals surface area contributed by atoms with Crippen molar-refractivity contribution in [3.8, 4) is 6.07 Å². The number of hydrogen-bond donors (Lipinski definition) is 1. The van der Waals surface area contributed by atoms with Crippen molar-refractivity contribution in [3.05, 3.63) is 70.5 Å². The molecule has 7 heteroatoms. The fourth-order valence-corrected chi connectivity index (χ4v) is 3.25. The summed E-state index contributed by atoms with van der Waals surface area (Å²) < 4.78 is 40.2. The number of nitrogens with zero attached hydrogens (tertiary/aromatic N) is 2. The first-order valence-corrected chi connectivity index (χ1v) is 8.64. The molecule has 1 atom stereocenters. The van der Waals surface area contributed by atoms with Gasteiger partial charge in [0.25, 0.3) is 0 Å². The molecule has 0 aromatic heterocycles. The van der Waals surface area contributed by atoms with Gasteiger partial charge in [-0.25, -0.2) is 18.0 Å². The Bertz CT molecular complexity index is 895. The molecular weight excluding hydrogens is 355 g/mol. The van der Waals surface area contributed by atoms with Gasteiger partial charge in [0.05, 0.1) is 5.56 Å². The van der Waals surface area contributed by atoms with E-state index in [0.717, 1.165) is 18.9 Å². The van der Waals surface area contributed by atoms with Gasteiger partial charge in [0, 0.05) is 25.6 Å². The summed E-state index contributed by atoms with van der Waals surface area (Å²) in [4.78, 5) is 14.0. The number of urea groups is 1. The minimum atomic E-state index is -0.892. The molecule has 1 aliphatic heterocycles. The highest BCUT2D eigenvalue weighted by Crippen LogP contribution is 2.28. The summed E-state index contributed by atoms with van der Waals surface area (Å²) in [6, 6.07) is 9.45. The largest absolute Gasteiger partial charge is 0.334 e. The van der Waals surface area contributed by atoms with Crippen molar-refractivity contribution in [3.63, 3.8) is 0 Å². The fourth-order valence-electron chi connectivity index (χ4n) is 3.25. The van der Waals surface area contributed by atoms with Gasteiger partial charge in [-0.2, -0.15) is 5.26 Å². The second-order valence-electron chi connectivity index (χ2n) is 6.54. The number of amides is 2. The summed E-state index contributed by atoms with van der Waals surface area (Å²) in [6.07, 6.45) is 1.54. The molecule has 2 amide bonds. The van der Waals surface area contributed by atoms with Gasteiger partial charge >= 0.3 is 6.03 Å². The lowest BCUT2D eigenvalue weighted by atomic mass is 9.90. The SMILES string of the molecule is N#Cc1ccc(CNC(=O)N2CCCC(c3ccc(F)c(F)c3)C2)cc1F. The van der Waals surface area contributed by atoms with Gasteiger partial charge in [-0.3, -0.25) is 0 Å². The molecule has 1 fully saturated rings. The fraction of sp³-hybridized carbons (Fsp3) is 0.300. The molecule has 140 valence electrons. The minimum Gasteiger partial charge on any atom is -0.334 e. The average molecular weight is 373 g/mol. The first-order chi connectivity index (χ1) is 13.0. The molecule has 1 N–H and O–H groups in total. The number of piperidine rings is 1. The van der Waals surface area contributed by atoms with E-state index in [1.807, 2.05) is 0 Å². The topological polar surface area (TPSA) is 56.1 Å². The lowest BCUT2D eigenvalue weighted by molar-refractivity contribution is 0.179. The summed E-state index contributed by atoms with van der Waals surface area (Å²) in [7, 11) is 0. The van der Waals surface area contributed by atoms with E-state index < -0.39 is 17.5 Å². The van der Waals surface area contributed by atoms with E-state index in [-0.39, 0.29) is 24.1 Å². The van der Waals surface area contributed by atoms with Crippen molar-refractivity contribution in [1.82, 2.24) is 10.2 Å². The number of nitriles is 1. The maximum Gasteiger partial charge on any atom is 0.317 e. The van der Waals surface area contributed by atoms with Gasteiger partial charge in [-0.1, -0.05) is 12.1 Å². The van der Waals surface area contributed by atoms with E-state index in [0.29, 0.717) is 24.2 Å². The Morgan fingerprint density at radius 3 is 2.67 bits per heavy atom. The van der Waals surface area contributed by atoms with Crippen molar-refractivity contribution in [2.75, 3.05) is 13.1 Å². The number of halogens is 3. The zero-order valence-electron chi connectivity index (χ0n) is 14.5. The van der Waals surface area contributed by atoms with E-state index in [9.17, 15) is 18.0 Å². The highest BCUT2D eigenvalue weighted by molar-refractivity contribution is 5.74. The van der Waals surface area contributed by atoms with Crippen LogP contribution in [0.15, 0.2) is 36.4 Å². The molecule has 0 spiro atoms.